The molecule has 8 unspecified atom stereocenters. The van der Waals surface area contributed by atoms with Gasteiger partial charge in [-0.1, -0.05) is 27.7 Å². The Kier molecular flexibility index (Phi) is 3.34. The summed E-state index contributed by atoms with van der Waals surface area (Å²) < 4.78 is 0. The first-order valence-corrected chi connectivity index (χ1v) is 9.88. The number of rotatable bonds is 0. The lowest BCUT2D eigenvalue weighted by molar-refractivity contribution is -0.148. The number of fused-ring (bicyclic) bond motifs is 5. The van der Waals surface area contributed by atoms with Crippen LogP contribution in [0.4, 0.5) is 0 Å². The summed E-state index contributed by atoms with van der Waals surface area (Å²) in [6, 6.07) is 0. The molecule has 4 saturated carbocycles. The molecule has 0 aromatic rings. The minimum atomic E-state index is 0.470. The molecular formula is C21H34O. The Bertz CT molecular complexity index is 482. The van der Waals surface area contributed by atoms with E-state index in [2.05, 4.69) is 27.7 Å². The molecule has 124 valence electrons. The molecule has 0 heterocycles. The average Bonchev–Trinajstić information content (AvgIpc) is 2.77. The molecular weight excluding hydrogens is 268 g/mol. The second kappa shape index (κ2) is 4.84. The van der Waals surface area contributed by atoms with Crippen LogP contribution < -0.4 is 0 Å². The van der Waals surface area contributed by atoms with E-state index in [-0.39, 0.29) is 0 Å². The molecule has 1 heteroatoms. The van der Waals surface area contributed by atoms with E-state index in [0.717, 1.165) is 42.4 Å². The molecule has 0 aliphatic heterocycles. The first kappa shape index (κ1) is 15.2. The lowest BCUT2D eigenvalue weighted by Gasteiger charge is -2.62. The number of Topliss-reactive ketones (excluding diaryl/α,β-unsaturated/α-hetero) is 1. The highest BCUT2D eigenvalue weighted by Crippen LogP contribution is 2.68. The van der Waals surface area contributed by atoms with E-state index in [1.165, 1.54) is 38.5 Å². The summed E-state index contributed by atoms with van der Waals surface area (Å²) >= 11 is 0. The highest BCUT2D eigenvalue weighted by Gasteiger charge is 2.61. The first-order valence-electron chi connectivity index (χ1n) is 9.88. The maximum Gasteiger partial charge on any atom is 0.133 e. The van der Waals surface area contributed by atoms with Gasteiger partial charge >= 0.3 is 0 Å². The molecule has 0 spiro atoms. The van der Waals surface area contributed by atoms with Crippen molar-refractivity contribution in [3.63, 3.8) is 0 Å². The summed E-state index contributed by atoms with van der Waals surface area (Å²) in [7, 11) is 0. The van der Waals surface area contributed by atoms with Gasteiger partial charge in [0.2, 0.25) is 0 Å². The van der Waals surface area contributed by atoms with E-state index in [1.807, 2.05) is 0 Å². The van der Waals surface area contributed by atoms with Crippen molar-refractivity contribution in [2.24, 2.45) is 46.3 Å². The molecule has 4 fully saturated rings. The van der Waals surface area contributed by atoms with Gasteiger partial charge in [-0.2, -0.15) is 0 Å². The molecule has 4 rings (SSSR count). The Balaban J connectivity index is 1.68. The Labute approximate surface area is 136 Å². The van der Waals surface area contributed by atoms with Gasteiger partial charge in [-0.15, -0.1) is 0 Å². The van der Waals surface area contributed by atoms with E-state index >= 15 is 0 Å². The van der Waals surface area contributed by atoms with Gasteiger partial charge < -0.3 is 0 Å². The lowest BCUT2D eigenvalue weighted by Crippen LogP contribution is -2.56. The minimum absolute atomic E-state index is 0.470. The van der Waals surface area contributed by atoms with Crippen molar-refractivity contribution in [1.29, 1.82) is 0 Å². The molecule has 1 nitrogen and oxygen atoms in total. The molecule has 0 aromatic heterocycles. The summed E-state index contributed by atoms with van der Waals surface area (Å²) in [5.41, 5.74) is 1.08. The molecule has 0 aromatic carbocycles. The fourth-order valence-corrected chi connectivity index (χ4v) is 7.69. The third-order valence-corrected chi connectivity index (χ3v) is 9.32. The number of carbonyl (C=O) groups excluding carboxylic acids is 1. The number of ketones is 1. The summed E-state index contributed by atoms with van der Waals surface area (Å²) in [6.07, 6.45) is 10.1. The zero-order valence-corrected chi connectivity index (χ0v) is 15.0. The highest BCUT2D eigenvalue weighted by atomic mass is 16.1. The van der Waals surface area contributed by atoms with E-state index in [0.29, 0.717) is 22.5 Å². The van der Waals surface area contributed by atoms with Gasteiger partial charge in [0.25, 0.3) is 0 Å². The van der Waals surface area contributed by atoms with Crippen LogP contribution in [-0.2, 0) is 4.79 Å². The predicted molar refractivity (Wildman–Crippen MR) is 90.4 cm³/mol. The van der Waals surface area contributed by atoms with Crippen molar-refractivity contribution in [2.75, 3.05) is 0 Å². The molecule has 4 aliphatic rings. The third-order valence-electron chi connectivity index (χ3n) is 9.32. The van der Waals surface area contributed by atoms with Gasteiger partial charge in [-0.25, -0.2) is 0 Å². The van der Waals surface area contributed by atoms with Crippen molar-refractivity contribution in [3.05, 3.63) is 0 Å². The normalized spacial score (nSPS) is 57.9. The van der Waals surface area contributed by atoms with Crippen LogP contribution in [-0.4, -0.2) is 5.78 Å². The van der Waals surface area contributed by atoms with Crippen molar-refractivity contribution in [2.45, 2.75) is 79.1 Å². The van der Waals surface area contributed by atoms with Crippen LogP contribution in [0.25, 0.3) is 0 Å². The van der Waals surface area contributed by atoms with E-state index in [1.54, 1.807) is 0 Å². The zero-order chi connectivity index (χ0) is 15.7. The Hall–Kier alpha value is -0.330. The summed E-state index contributed by atoms with van der Waals surface area (Å²) in [5, 5.41) is 0. The van der Waals surface area contributed by atoms with Gasteiger partial charge in [0.05, 0.1) is 0 Å². The average molecular weight is 303 g/mol. The van der Waals surface area contributed by atoms with Crippen LogP contribution in [0.1, 0.15) is 79.1 Å². The molecule has 0 saturated heterocycles. The molecule has 8 atom stereocenters. The van der Waals surface area contributed by atoms with Crippen LogP contribution in [0.2, 0.25) is 0 Å². The summed E-state index contributed by atoms with van der Waals surface area (Å²) in [6.45, 7) is 10.2. The minimum Gasteiger partial charge on any atom is -0.300 e. The summed E-state index contributed by atoms with van der Waals surface area (Å²) in [4.78, 5) is 12.0. The molecule has 0 N–H and O–H groups in total. The molecule has 0 radical (unpaired) electrons. The monoisotopic (exact) mass is 302 g/mol. The topological polar surface area (TPSA) is 17.1 Å². The van der Waals surface area contributed by atoms with Gasteiger partial charge in [-0.05, 0) is 84.9 Å². The highest BCUT2D eigenvalue weighted by molar-refractivity contribution is 5.79. The first-order chi connectivity index (χ1) is 10.4. The lowest BCUT2D eigenvalue weighted by atomic mass is 9.43. The third kappa shape index (κ3) is 1.86. The smallest absolute Gasteiger partial charge is 0.133 e. The Morgan fingerprint density at radius 2 is 1.68 bits per heavy atom. The van der Waals surface area contributed by atoms with Crippen LogP contribution >= 0.6 is 0 Å². The maximum absolute atomic E-state index is 12.0. The van der Waals surface area contributed by atoms with Crippen LogP contribution in [0.3, 0.4) is 0 Å². The van der Waals surface area contributed by atoms with Crippen molar-refractivity contribution in [1.82, 2.24) is 0 Å². The molecule has 0 amide bonds. The predicted octanol–water partition coefficient (Wildman–Crippen LogP) is 5.48. The quantitative estimate of drug-likeness (QED) is 0.579. The van der Waals surface area contributed by atoms with Gasteiger partial charge in [0, 0.05) is 12.8 Å². The van der Waals surface area contributed by atoms with E-state index in [4.69, 9.17) is 0 Å². The largest absolute Gasteiger partial charge is 0.300 e. The van der Waals surface area contributed by atoms with E-state index < -0.39 is 0 Å². The summed E-state index contributed by atoms with van der Waals surface area (Å²) in [5.74, 6) is 5.80. The SMILES string of the molecule is CC1CC2CC(=O)CCC2(C)C2CCC3(C)C(C)CCC3C12. The standard InChI is InChI=1S/C21H34O/c1-13-11-15-12-16(22)7-9-21(15,4)18-8-10-20(3)14(2)5-6-17(20)19(13)18/h13-15,17-19H,5-12H2,1-4H3. The number of hydrogen-bond donors (Lipinski definition) is 0. The Morgan fingerprint density at radius 3 is 2.45 bits per heavy atom. The van der Waals surface area contributed by atoms with Crippen LogP contribution in [0.5, 0.6) is 0 Å². The Morgan fingerprint density at radius 1 is 0.955 bits per heavy atom. The number of carbonyl (C=O) groups is 1. The second-order valence-corrected chi connectivity index (χ2v) is 9.97. The van der Waals surface area contributed by atoms with Crippen LogP contribution in [0.15, 0.2) is 0 Å². The molecule has 0 bridgehead atoms. The fraction of sp³-hybridized carbons (Fsp3) is 0.952. The second-order valence-electron chi connectivity index (χ2n) is 9.97. The van der Waals surface area contributed by atoms with Gasteiger partial charge in [0.15, 0.2) is 0 Å². The van der Waals surface area contributed by atoms with Crippen LogP contribution in [0, 0.1) is 46.3 Å². The fourth-order valence-electron chi connectivity index (χ4n) is 7.69. The van der Waals surface area contributed by atoms with Gasteiger partial charge in [0.1, 0.15) is 5.78 Å². The molecule has 22 heavy (non-hydrogen) atoms. The van der Waals surface area contributed by atoms with Crippen molar-refractivity contribution >= 4 is 5.78 Å². The van der Waals surface area contributed by atoms with Crippen molar-refractivity contribution < 1.29 is 4.79 Å². The van der Waals surface area contributed by atoms with E-state index in [9.17, 15) is 4.79 Å². The zero-order valence-electron chi connectivity index (χ0n) is 15.0. The van der Waals surface area contributed by atoms with Crippen molar-refractivity contribution in [3.8, 4) is 0 Å². The maximum atomic E-state index is 12.0. The number of hydrogen-bond acceptors (Lipinski definition) is 1. The van der Waals surface area contributed by atoms with Gasteiger partial charge in [-0.3, -0.25) is 4.79 Å². The molecule has 4 aliphatic carbocycles.